The number of nitrogens with zero attached hydrogens (tertiary/aromatic N) is 1. The largest absolute Gasteiger partial charge is 0.352 e. The van der Waals surface area contributed by atoms with E-state index in [1.54, 1.807) is 43.3 Å². The standard InChI is InChI=1S/C22H25Cl3N2O2/c1-4-14(2)26-22(29)15(3)27(13-17-8-9-19(24)12-20(17)25)21(28)11-16-6-5-7-18(23)10-16/h5-10,12,14-15H,4,11,13H2,1-3H3,(H,26,29). The third-order valence-electron chi connectivity index (χ3n) is 4.77. The second-order valence-electron chi connectivity index (χ2n) is 7.06. The number of carbonyl (C=O) groups excluding carboxylic acids is 2. The van der Waals surface area contributed by atoms with Crippen LogP contribution in [0.15, 0.2) is 42.5 Å². The summed E-state index contributed by atoms with van der Waals surface area (Å²) in [5, 5.41) is 4.46. The number of nitrogens with one attached hydrogen (secondary N) is 1. The molecule has 0 radical (unpaired) electrons. The van der Waals surface area contributed by atoms with E-state index in [2.05, 4.69) is 5.32 Å². The first kappa shape index (κ1) is 23.5. The van der Waals surface area contributed by atoms with Gasteiger partial charge in [0, 0.05) is 27.7 Å². The highest BCUT2D eigenvalue weighted by atomic mass is 35.5. The topological polar surface area (TPSA) is 49.4 Å². The summed E-state index contributed by atoms with van der Waals surface area (Å²) in [5.41, 5.74) is 1.50. The second-order valence-corrected chi connectivity index (χ2v) is 8.34. The van der Waals surface area contributed by atoms with Gasteiger partial charge >= 0.3 is 0 Å². The quantitative estimate of drug-likeness (QED) is 0.569. The van der Waals surface area contributed by atoms with Crippen LogP contribution in [0.2, 0.25) is 15.1 Å². The Hall–Kier alpha value is -1.75. The summed E-state index contributed by atoms with van der Waals surface area (Å²) >= 11 is 18.3. The number of hydrogen-bond donors (Lipinski definition) is 1. The molecule has 0 bridgehead atoms. The van der Waals surface area contributed by atoms with Crippen LogP contribution in [0.5, 0.6) is 0 Å². The van der Waals surface area contributed by atoms with Crippen LogP contribution in [0, 0.1) is 0 Å². The minimum Gasteiger partial charge on any atom is -0.352 e. The highest BCUT2D eigenvalue weighted by Crippen LogP contribution is 2.24. The molecule has 2 aromatic rings. The van der Waals surface area contributed by atoms with E-state index in [1.165, 1.54) is 4.90 Å². The molecule has 0 fully saturated rings. The van der Waals surface area contributed by atoms with Crippen molar-refractivity contribution in [3.63, 3.8) is 0 Å². The van der Waals surface area contributed by atoms with E-state index in [9.17, 15) is 9.59 Å². The summed E-state index contributed by atoms with van der Waals surface area (Å²) in [7, 11) is 0. The lowest BCUT2D eigenvalue weighted by Crippen LogP contribution is -2.49. The van der Waals surface area contributed by atoms with Crippen LogP contribution < -0.4 is 5.32 Å². The van der Waals surface area contributed by atoms with Crippen molar-refractivity contribution in [2.75, 3.05) is 0 Å². The third kappa shape index (κ3) is 6.91. The van der Waals surface area contributed by atoms with Gasteiger partial charge in [0.1, 0.15) is 6.04 Å². The van der Waals surface area contributed by atoms with Crippen molar-refractivity contribution in [1.29, 1.82) is 0 Å². The summed E-state index contributed by atoms with van der Waals surface area (Å²) < 4.78 is 0. The molecule has 0 aromatic heterocycles. The maximum atomic E-state index is 13.1. The summed E-state index contributed by atoms with van der Waals surface area (Å²) in [6.07, 6.45) is 0.935. The Morgan fingerprint density at radius 1 is 1.03 bits per heavy atom. The molecule has 156 valence electrons. The molecular formula is C22H25Cl3N2O2. The number of halogens is 3. The maximum Gasteiger partial charge on any atom is 0.242 e. The molecule has 0 aliphatic rings. The van der Waals surface area contributed by atoms with Gasteiger partial charge in [-0.25, -0.2) is 0 Å². The van der Waals surface area contributed by atoms with Crippen LogP contribution in [0.1, 0.15) is 38.3 Å². The first-order chi connectivity index (χ1) is 13.7. The van der Waals surface area contributed by atoms with Crippen LogP contribution in [0.3, 0.4) is 0 Å². The molecule has 0 heterocycles. The predicted octanol–water partition coefficient (Wildman–Crippen LogP) is 5.52. The SMILES string of the molecule is CCC(C)NC(=O)C(C)N(Cc1ccc(Cl)cc1Cl)C(=O)Cc1cccc(Cl)c1. The predicted molar refractivity (Wildman–Crippen MR) is 120 cm³/mol. The molecule has 2 rings (SSSR count). The van der Waals surface area contributed by atoms with Crippen LogP contribution >= 0.6 is 34.8 Å². The van der Waals surface area contributed by atoms with Crippen molar-refractivity contribution >= 4 is 46.6 Å². The molecule has 2 amide bonds. The van der Waals surface area contributed by atoms with Gasteiger partial charge in [-0.3, -0.25) is 9.59 Å². The van der Waals surface area contributed by atoms with Gasteiger partial charge < -0.3 is 10.2 Å². The minimum absolute atomic E-state index is 0.0222. The summed E-state index contributed by atoms with van der Waals surface area (Å²) in [6.45, 7) is 5.84. The average molecular weight is 456 g/mol. The monoisotopic (exact) mass is 454 g/mol. The van der Waals surface area contributed by atoms with Gasteiger partial charge in [-0.05, 0) is 55.7 Å². The van der Waals surface area contributed by atoms with Crippen molar-refractivity contribution in [3.8, 4) is 0 Å². The van der Waals surface area contributed by atoms with E-state index < -0.39 is 6.04 Å². The van der Waals surface area contributed by atoms with E-state index in [4.69, 9.17) is 34.8 Å². The Balaban J connectivity index is 2.27. The molecule has 0 saturated heterocycles. The second kappa shape index (κ2) is 10.9. The first-order valence-corrected chi connectivity index (χ1v) is 10.6. The zero-order chi connectivity index (χ0) is 21.6. The summed E-state index contributed by atoms with van der Waals surface area (Å²) in [4.78, 5) is 27.4. The van der Waals surface area contributed by atoms with Crippen LogP contribution in [-0.4, -0.2) is 28.8 Å². The van der Waals surface area contributed by atoms with Crippen molar-refractivity contribution in [3.05, 3.63) is 68.7 Å². The highest BCUT2D eigenvalue weighted by Gasteiger charge is 2.27. The molecule has 4 nitrogen and oxygen atoms in total. The van der Waals surface area contributed by atoms with E-state index >= 15 is 0 Å². The molecule has 2 atom stereocenters. The van der Waals surface area contributed by atoms with Crippen LogP contribution in [0.4, 0.5) is 0 Å². The van der Waals surface area contributed by atoms with Gasteiger partial charge in [-0.1, -0.05) is 59.9 Å². The molecule has 0 spiro atoms. The lowest BCUT2D eigenvalue weighted by Gasteiger charge is -2.30. The fourth-order valence-electron chi connectivity index (χ4n) is 2.80. The molecular weight excluding hydrogens is 431 g/mol. The Bertz CT molecular complexity index is 873. The summed E-state index contributed by atoms with van der Waals surface area (Å²) in [6, 6.07) is 11.6. The Labute approximate surface area is 187 Å². The molecule has 2 aromatic carbocycles. The van der Waals surface area contributed by atoms with Gasteiger partial charge in [0.15, 0.2) is 0 Å². The van der Waals surface area contributed by atoms with E-state index in [1.807, 2.05) is 19.9 Å². The van der Waals surface area contributed by atoms with Gasteiger partial charge in [0.05, 0.1) is 6.42 Å². The Kier molecular flexibility index (Phi) is 8.81. The van der Waals surface area contributed by atoms with E-state index in [-0.39, 0.29) is 30.8 Å². The van der Waals surface area contributed by atoms with Crippen molar-refractivity contribution in [1.82, 2.24) is 10.2 Å². The fourth-order valence-corrected chi connectivity index (χ4v) is 3.49. The fraction of sp³-hybridized carbons (Fsp3) is 0.364. The number of benzene rings is 2. The third-order valence-corrected chi connectivity index (χ3v) is 5.59. The lowest BCUT2D eigenvalue weighted by atomic mass is 10.1. The first-order valence-electron chi connectivity index (χ1n) is 9.49. The average Bonchev–Trinajstić information content (AvgIpc) is 2.66. The molecule has 7 heteroatoms. The van der Waals surface area contributed by atoms with E-state index in [0.29, 0.717) is 15.1 Å². The van der Waals surface area contributed by atoms with Crippen molar-refractivity contribution in [2.45, 2.75) is 52.2 Å². The molecule has 0 saturated carbocycles. The number of carbonyl (C=O) groups is 2. The molecule has 29 heavy (non-hydrogen) atoms. The lowest BCUT2D eigenvalue weighted by molar-refractivity contribution is -0.140. The zero-order valence-electron chi connectivity index (χ0n) is 16.7. The van der Waals surface area contributed by atoms with Crippen LogP contribution in [-0.2, 0) is 22.6 Å². The van der Waals surface area contributed by atoms with Gasteiger partial charge in [-0.15, -0.1) is 0 Å². The molecule has 0 aliphatic heterocycles. The summed E-state index contributed by atoms with van der Waals surface area (Å²) in [5.74, 6) is -0.394. The van der Waals surface area contributed by atoms with Gasteiger partial charge in [0.2, 0.25) is 11.8 Å². The molecule has 1 N–H and O–H groups in total. The van der Waals surface area contributed by atoms with Crippen molar-refractivity contribution < 1.29 is 9.59 Å². The Morgan fingerprint density at radius 3 is 2.34 bits per heavy atom. The zero-order valence-corrected chi connectivity index (χ0v) is 19.0. The normalized spacial score (nSPS) is 12.9. The van der Waals surface area contributed by atoms with Crippen LogP contribution in [0.25, 0.3) is 0 Å². The van der Waals surface area contributed by atoms with E-state index in [0.717, 1.165) is 17.5 Å². The number of amides is 2. The van der Waals surface area contributed by atoms with Crippen molar-refractivity contribution in [2.24, 2.45) is 0 Å². The van der Waals surface area contributed by atoms with Gasteiger partial charge in [-0.2, -0.15) is 0 Å². The highest BCUT2D eigenvalue weighted by molar-refractivity contribution is 6.35. The maximum absolute atomic E-state index is 13.1. The Morgan fingerprint density at radius 2 is 1.72 bits per heavy atom. The number of hydrogen-bond acceptors (Lipinski definition) is 2. The molecule has 2 unspecified atom stereocenters. The molecule has 0 aliphatic carbocycles. The smallest absolute Gasteiger partial charge is 0.242 e. The number of rotatable bonds is 8. The van der Waals surface area contributed by atoms with Gasteiger partial charge in [0.25, 0.3) is 0 Å². The minimum atomic E-state index is -0.664.